The third-order valence-electron chi connectivity index (χ3n) is 2.67. The first-order valence-corrected chi connectivity index (χ1v) is 6.21. The van der Waals surface area contributed by atoms with Gasteiger partial charge in [-0.15, -0.1) is 0 Å². The predicted molar refractivity (Wildman–Crippen MR) is 72.7 cm³/mol. The largest absolute Gasteiger partial charge is 0.481 e. The maximum atomic E-state index is 13.3. The van der Waals surface area contributed by atoms with Gasteiger partial charge in [-0.3, -0.25) is 0 Å². The minimum absolute atomic E-state index is 0.137. The summed E-state index contributed by atoms with van der Waals surface area (Å²) in [7, 11) is 1.58. The van der Waals surface area contributed by atoms with Gasteiger partial charge in [0.2, 0.25) is 5.88 Å². The van der Waals surface area contributed by atoms with Gasteiger partial charge in [-0.25, -0.2) is 9.37 Å². The lowest BCUT2D eigenvalue weighted by Gasteiger charge is -2.08. The second-order valence-corrected chi connectivity index (χ2v) is 4.43. The van der Waals surface area contributed by atoms with Gasteiger partial charge in [0.1, 0.15) is 5.82 Å². The monoisotopic (exact) mass is 280 g/mol. The SMILES string of the molecule is COc1ncccc1CNCc1ccc(Cl)c(F)c1. The number of aromatic nitrogens is 1. The molecule has 0 radical (unpaired) electrons. The van der Waals surface area contributed by atoms with E-state index in [2.05, 4.69) is 10.3 Å². The number of rotatable bonds is 5. The van der Waals surface area contributed by atoms with Gasteiger partial charge < -0.3 is 10.1 Å². The zero-order valence-corrected chi connectivity index (χ0v) is 11.2. The normalized spacial score (nSPS) is 10.5. The molecule has 0 atom stereocenters. The van der Waals surface area contributed by atoms with Crippen molar-refractivity contribution in [1.29, 1.82) is 0 Å². The quantitative estimate of drug-likeness (QED) is 0.913. The lowest BCUT2D eigenvalue weighted by molar-refractivity contribution is 0.390. The van der Waals surface area contributed by atoms with Gasteiger partial charge in [-0.2, -0.15) is 0 Å². The highest BCUT2D eigenvalue weighted by molar-refractivity contribution is 6.30. The van der Waals surface area contributed by atoms with Crippen LogP contribution in [0.5, 0.6) is 5.88 Å². The van der Waals surface area contributed by atoms with Gasteiger partial charge in [0.25, 0.3) is 0 Å². The molecule has 0 saturated carbocycles. The summed E-state index contributed by atoms with van der Waals surface area (Å²) in [4.78, 5) is 4.11. The lowest BCUT2D eigenvalue weighted by Crippen LogP contribution is -2.13. The molecule has 19 heavy (non-hydrogen) atoms. The Hall–Kier alpha value is -1.65. The van der Waals surface area contributed by atoms with Gasteiger partial charge in [0.05, 0.1) is 12.1 Å². The molecule has 0 amide bonds. The summed E-state index contributed by atoms with van der Waals surface area (Å²) in [5.74, 6) is 0.192. The smallest absolute Gasteiger partial charge is 0.217 e. The Balaban J connectivity index is 1.94. The summed E-state index contributed by atoms with van der Waals surface area (Å²) in [5.41, 5.74) is 1.80. The topological polar surface area (TPSA) is 34.1 Å². The van der Waals surface area contributed by atoms with Crippen molar-refractivity contribution in [2.45, 2.75) is 13.1 Å². The fraction of sp³-hybridized carbons (Fsp3) is 0.214. The first-order chi connectivity index (χ1) is 9.20. The second kappa shape index (κ2) is 6.50. The highest BCUT2D eigenvalue weighted by Gasteiger charge is 2.04. The summed E-state index contributed by atoms with van der Waals surface area (Å²) in [6.45, 7) is 1.15. The van der Waals surface area contributed by atoms with Crippen LogP contribution in [0.3, 0.4) is 0 Å². The van der Waals surface area contributed by atoms with Crippen LogP contribution >= 0.6 is 11.6 Å². The molecule has 1 aromatic carbocycles. The molecule has 1 aromatic heterocycles. The number of nitrogens with zero attached hydrogens (tertiary/aromatic N) is 1. The van der Waals surface area contributed by atoms with Crippen LogP contribution in [0.1, 0.15) is 11.1 Å². The van der Waals surface area contributed by atoms with E-state index < -0.39 is 5.82 Å². The van der Waals surface area contributed by atoms with Crippen LogP contribution in [0.2, 0.25) is 5.02 Å². The molecule has 5 heteroatoms. The van der Waals surface area contributed by atoms with E-state index in [0.717, 1.165) is 11.1 Å². The molecule has 0 aliphatic rings. The minimum atomic E-state index is -0.403. The molecule has 0 unspecified atom stereocenters. The Labute approximate surface area is 116 Å². The Kier molecular flexibility index (Phi) is 4.71. The molecule has 0 saturated heterocycles. The van der Waals surface area contributed by atoms with E-state index in [1.54, 1.807) is 25.4 Å². The van der Waals surface area contributed by atoms with E-state index >= 15 is 0 Å². The number of hydrogen-bond acceptors (Lipinski definition) is 3. The van der Waals surface area contributed by atoms with Gasteiger partial charge in [0.15, 0.2) is 0 Å². The Morgan fingerprint density at radius 3 is 2.89 bits per heavy atom. The molecular weight excluding hydrogens is 267 g/mol. The van der Waals surface area contributed by atoms with Crippen LogP contribution in [0.25, 0.3) is 0 Å². The van der Waals surface area contributed by atoms with Crippen molar-refractivity contribution in [3.8, 4) is 5.88 Å². The number of methoxy groups -OCH3 is 1. The summed E-state index contributed by atoms with van der Waals surface area (Å²) in [6.07, 6.45) is 1.68. The third-order valence-corrected chi connectivity index (χ3v) is 2.98. The molecule has 1 N–H and O–H groups in total. The fourth-order valence-corrected chi connectivity index (χ4v) is 1.85. The first kappa shape index (κ1) is 13.8. The average molecular weight is 281 g/mol. The summed E-state index contributed by atoms with van der Waals surface area (Å²) < 4.78 is 18.4. The zero-order valence-electron chi connectivity index (χ0n) is 10.5. The van der Waals surface area contributed by atoms with E-state index in [9.17, 15) is 4.39 Å². The Bertz CT molecular complexity index is 563. The number of nitrogens with one attached hydrogen (secondary N) is 1. The molecule has 100 valence electrons. The maximum Gasteiger partial charge on any atom is 0.217 e. The van der Waals surface area contributed by atoms with Crippen molar-refractivity contribution in [2.24, 2.45) is 0 Å². The van der Waals surface area contributed by atoms with Crippen molar-refractivity contribution in [1.82, 2.24) is 10.3 Å². The molecule has 0 spiro atoms. The van der Waals surface area contributed by atoms with Crippen LogP contribution in [0.15, 0.2) is 36.5 Å². The molecule has 0 aliphatic carbocycles. The van der Waals surface area contributed by atoms with Gasteiger partial charge in [0, 0.05) is 24.8 Å². The number of hydrogen-bond donors (Lipinski definition) is 1. The number of pyridine rings is 1. The van der Waals surface area contributed by atoms with E-state index in [1.165, 1.54) is 6.07 Å². The van der Waals surface area contributed by atoms with Crippen LogP contribution in [-0.2, 0) is 13.1 Å². The molecular formula is C14H14ClFN2O. The van der Waals surface area contributed by atoms with Gasteiger partial charge >= 0.3 is 0 Å². The van der Waals surface area contributed by atoms with E-state index in [1.807, 2.05) is 12.1 Å². The first-order valence-electron chi connectivity index (χ1n) is 5.83. The lowest BCUT2D eigenvalue weighted by atomic mass is 10.2. The summed E-state index contributed by atoms with van der Waals surface area (Å²) in [5, 5.41) is 3.35. The van der Waals surface area contributed by atoms with Gasteiger partial charge in [-0.05, 0) is 23.8 Å². The second-order valence-electron chi connectivity index (χ2n) is 4.02. The molecule has 1 heterocycles. The molecule has 3 nitrogen and oxygen atoms in total. The van der Waals surface area contributed by atoms with Crippen molar-refractivity contribution in [3.63, 3.8) is 0 Å². The molecule has 0 aliphatic heterocycles. The van der Waals surface area contributed by atoms with E-state index in [4.69, 9.17) is 16.3 Å². The average Bonchev–Trinajstić information content (AvgIpc) is 2.43. The molecule has 2 rings (SSSR count). The summed E-state index contributed by atoms with van der Waals surface area (Å²) >= 11 is 5.63. The summed E-state index contributed by atoms with van der Waals surface area (Å²) in [6, 6.07) is 8.55. The van der Waals surface area contributed by atoms with Crippen LogP contribution in [-0.4, -0.2) is 12.1 Å². The number of ether oxygens (including phenoxy) is 1. The van der Waals surface area contributed by atoms with E-state index in [0.29, 0.717) is 19.0 Å². The standard InChI is InChI=1S/C14H14ClFN2O/c1-19-14-11(3-2-6-18-14)9-17-8-10-4-5-12(15)13(16)7-10/h2-7,17H,8-9H2,1H3. The molecule has 0 fully saturated rings. The van der Waals surface area contributed by atoms with Crippen molar-refractivity contribution < 1.29 is 9.13 Å². The molecule has 0 bridgehead atoms. The van der Waals surface area contributed by atoms with Crippen LogP contribution < -0.4 is 10.1 Å². The van der Waals surface area contributed by atoms with Gasteiger partial charge in [-0.1, -0.05) is 23.7 Å². The third kappa shape index (κ3) is 3.66. The predicted octanol–water partition coefficient (Wildman–Crippen LogP) is 3.17. The Morgan fingerprint density at radius 2 is 2.16 bits per heavy atom. The highest BCUT2D eigenvalue weighted by atomic mass is 35.5. The molecule has 2 aromatic rings. The highest BCUT2D eigenvalue weighted by Crippen LogP contribution is 2.16. The van der Waals surface area contributed by atoms with E-state index in [-0.39, 0.29) is 5.02 Å². The van der Waals surface area contributed by atoms with Crippen molar-refractivity contribution in [3.05, 3.63) is 58.5 Å². The van der Waals surface area contributed by atoms with Crippen molar-refractivity contribution in [2.75, 3.05) is 7.11 Å². The Morgan fingerprint density at radius 1 is 1.32 bits per heavy atom. The number of halogens is 2. The minimum Gasteiger partial charge on any atom is -0.481 e. The van der Waals surface area contributed by atoms with Crippen molar-refractivity contribution >= 4 is 11.6 Å². The van der Waals surface area contributed by atoms with Crippen LogP contribution in [0, 0.1) is 5.82 Å². The zero-order chi connectivity index (χ0) is 13.7. The fourth-order valence-electron chi connectivity index (χ4n) is 1.73. The number of benzene rings is 1. The van der Waals surface area contributed by atoms with Crippen LogP contribution in [0.4, 0.5) is 4.39 Å². The maximum absolute atomic E-state index is 13.3.